The van der Waals surface area contributed by atoms with Crippen molar-refractivity contribution in [1.82, 2.24) is 0 Å². The molecule has 4 heteroatoms. The Labute approximate surface area is 77.5 Å². The maximum absolute atomic E-state index is 9.50. The summed E-state index contributed by atoms with van der Waals surface area (Å²) in [6.45, 7) is 1.87. The second-order valence-corrected chi connectivity index (χ2v) is 3.08. The first kappa shape index (κ1) is 10.5. The lowest BCUT2D eigenvalue weighted by Crippen LogP contribution is -2.48. The lowest BCUT2D eigenvalue weighted by atomic mass is 10.0. The zero-order valence-electron chi connectivity index (χ0n) is 7.51. The molecule has 4 nitrogen and oxygen atoms in total. The van der Waals surface area contributed by atoms with Crippen LogP contribution < -0.4 is 0 Å². The Morgan fingerprint density at radius 1 is 1.62 bits per heavy atom. The molecule has 1 aliphatic rings. The zero-order chi connectivity index (χ0) is 9.84. The Kier molecular flexibility index (Phi) is 3.70. The number of aliphatic hydroxyl groups excluding tert-OH is 2. The summed E-state index contributed by atoms with van der Waals surface area (Å²) in [4.78, 5) is 0. The highest BCUT2D eigenvalue weighted by atomic mass is 16.6. The maximum atomic E-state index is 9.50. The fourth-order valence-corrected chi connectivity index (χ4v) is 1.43. The van der Waals surface area contributed by atoms with Gasteiger partial charge in [0.15, 0.2) is 6.29 Å². The van der Waals surface area contributed by atoms with Crippen LogP contribution in [0.3, 0.4) is 0 Å². The van der Waals surface area contributed by atoms with Crippen LogP contribution in [0, 0.1) is 12.3 Å². The second-order valence-electron chi connectivity index (χ2n) is 3.08. The van der Waals surface area contributed by atoms with Crippen LogP contribution in [0.1, 0.15) is 13.3 Å². The van der Waals surface area contributed by atoms with Crippen LogP contribution in [0.5, 0.6) is 0 Å². The van der Waals surface area contributed by atoms with E-state index in [2.05, 4.69) is 5.92 Å². The van der Waals surface area contributed by atoms with E-state index in [1.54, 1.807) is 6.92 Å². The summed E-state index contributed by atoms with van der Waals surface area (Å²) in [5, 5.41) is 18.6. The van der Waals surface area contributed by atoms with Crippen molar-refractivity contribution in [3.63, 3.8) is 0 Å². The van der Waals surface area contributed by atoms with Gasteiger partial charge in [-0.3, -0.25) is 0 Å². The highest BCUT2D eigenvalue weighted by Gasteiger charge is 2.35. The van der Waals surface area contributed by atoms with E-state index < -0.39 is 18.5 Å². The number of hydrogen-bond donors (Lipinski definition) is 2. The first-order valence-electron chi connectivity index (χ1n) is 4.21. The van der Waals surface area contributed by atoms with Crippen molar-refractivity contribution >= 4 is 0 Å². The van der Waals surface area contributed by atoms with Gasteiger partial charge in [0.1, 0.15) is 12.7 Å². The molecule has 2 N–H and O–H groups in total. The zero-order valence-corrected chi connectivity index (χ0v) is 7.51. The standard InChI is InChI=1S/C9H14O4/c1-3-4-12-9-6(2)13-8(11)5-7(9)10/h1,6-11H,4-5H2,2H3. The lowest BCUT2D eigenvalue weighted by Gasteiger charge is -2.35. The molecule has 0 saturated carbocycles. The van der Waals surface area contributed by atoms with Gasteiger partial charge in [-0.05, 0) is 6.92 Å². The number of ether oxygens (including phenoxy) is 2. The number of aliphatic hydroxyl groups is 2. The van der Waals surface area contributed by atoms with Gasteiger partial charge < -0.3 is 19.7 Å². The molecule has 0 aromatic carbocycles. The van der Waals surface area contributed by atoms with E-state index in [0.29, 0.717) is 0 Å². The Morgan fingerprint density at radius 2 is 2.31 bits per heavy atom. The van der Waals surface area contributed by atoms with Crippen molar-refractivity contribution in [3.05, 3.63) is 0 Å². The summed E-state index contributed by atoms with van der Waals surface area (Å²) in [6, 6.07) is 0. The Hall–Kier alpha value is -0.600. The number of terminal acetylenes is 1. The highest BCUT2D eigenvalue weighted by molar-refractivity contribution is 4.87. The van der Waals surface area contributed by atoms with Gasteiger partial charge in [0.05, 0.1) is 12.2 Å². The second kappa shape index (κ2) is 4.58. The van der Waals surface area contributed by atoms with Crippen molar-refractivity contribution < 1.29 is 19.7 Å². The van der Waals surface area contributed by atoms with E-state index >= 15 is 0 Å². The largest absolute Gasteiger partial charge is 0.390 e. The topological polar surface area (TPSA) is 58.9 Å². The summed E-state index contributed by atoms with van der Waals surface area (Å²) in [5.41, 5.74) is 0. The number of rotatable bonds is 2. The smallest absolute Gasteiger partial charge is 0.157 e. The Bertz CT molecular complexity index is 186. The molecule has 1 aliphatic heterocycles. The molecule has 0 aliphatic carbocycles. The molecule has 13 heavy (non-hydrogen) atoms. The van der Waals surface area contributed by atoms with Crippen molar-refractivity contribution in [2.75, 3.05) is 6.61 Å². The van der Waals surface area contributed by atoms with Crippen molar-refractivity contribution in [3.8, 4) is 12.3 Å². The van der Waals surface area contributed by atoms with Crippen LogP contribution >= 0.6 is 0 Å². The minimum Gasteiger partial charge on any atom is -0.390 e. The Balaban J connectivity index is 2.47. The number of hydrogen-bond acceptors (Lipinski definition) is 4. The van der Waals surface area contributed by atoms with Crippen LogP contribution in [0.2, 0.25) is 0 Å². The molecule has 1 heterocycles. The summed E-state index contributed by atoms with van der Waals surface area (Å²) >= 11 is 0. The molecule has 0 aromatic heterocycles. The van der Waals surface area contributed by atoms with Crippen molar-refractivity contribution in [2.45, 2.75) is 37.9 Å². The molecule has 0 aromatic rings. The minimum atomic E-state index is -0.907. The van der Waals surface area contributed by atoms with Crippen molar-refractivity contribution in [2.24, 2.45) is 0 Å². The highest BCUT2D eigenvalue weighted by Crippen LogP contribution is 2.20. The molecule has 0 bridgehead atoms. The van der Waals surface area contributed by atoms with Crippen LogP contribution in [0.15, 0.2) is 0 Å². The predicted molar refractivity (Wildman–Crippen MR) is 45.8 cm³/mol. The van der Waals surface area contributed by atoms with E-state index in [-0.39, 0.29) is 19.1 Å². The van der Waals surface area contributed by atoms with Gasteiger partial charge in [0.25, 0.3) is 0 Å². The van der Waals surface area contributed by atoms with Crippen LogP contribution in [0.4, 0.5) is 0 Å². The molecule has 1 saturated heterocycles. The van der Waals surface area contributed by atoms with Crippen LogP contribution in [0.25, 0.3) is 0 Å². The average Bonchev–Trinajstić information content (AvgIpc) is 2.02. The third-order valence-electron chi connectivity index (χ3n) is 2.02. The molecule has 0 amide bonds. The van der Waals surface area contributed by atoms with E-state index in [9.17, 15) is 5.11 Å². The van der Waals surface area contributed by atoms with Crippen LogP contribution in [-0.2, 0) is 9.47 Å². The third-order valence-corrected chi connectivity index (χ3v) is 2.02. The molecule has 1 fully saturated rings. The normalized spacial score (nSPS) is 39.8. The molecular formula is C9H14O4. The van der Waals surface area contributed by atoms with E-state index in [1.165, 1.54) is 0 Å². The summed E-state index contributed by atoms with van der Waals surface area (Å²) < 4.78 is 10.3. The van der Waals surface area contributed by atoms with Gasteiger partial charge in [-0.25, -0.2) is 0 Å². The fraction of sp³-hybridized carbons (Fsp3) is 0.778. The van der Waals surface area contributed by atoms with Gasteiger partial charge in [0.2, 0.25) is 0 Å². The van der Waals surface area contributed by atoms with Crippen LogP contribution in [-0.4, -0.2) is 41.4 Å². The summed E-state index contributed by atoms with van der Waals surface area (Å²) in [6.07, 6.45) is 2.78. The summed E-state index contributed by atoms with van der Waals surface area (Å²) in [7, 11) is 0. The lowest BCUT2D eigenvalue weighted by molar-refractivity contribution is -0.235. The molecular weight excluding hydrogens is 172 g/mol. The van der Waals surface area contributed by atoms with Gasteiger partial charge in [-0.15, -0.1) is 6.42 Å². The van der Waals surface area contributed by atoms with E-state index in [1.807, 2.05) is 0 Å². The molecule has 74 valence electrons. The van der Waals surface area contributed by atoms with Gasteiger partial charge in [-0.2, -0.15) is 0 Å². The van der Waals surface area contributed by atoms with Gasteiger partial charge in [0, 0.05) is 6.42 Å². The predicted octanol–water partition coefficient (Wildman–Crippen LogP) is -0.507. The summed E-state index contributed by atoms with van der Waals surface area (Å²) in [5.74, 6) is 2.32. The fourth-order valence-electron chi connectivity index (χ4n) is 1.43. The molecule has 0 radical (unpaired) electrons. The first-order chi connectivity index (χ1) is 6.15. The molecule has 4 unspecified atom stereocenters. The third kappa shape index (κ3) is 2.68. The maximum Gasteiger partial charge on any atom is 0.157 e. The van der Waals surface area contributed by atoms with E-state index in [0.717, 1.165) is 0 Å². The Morgan fingerprint density at radius 3 is 2.85 bits per heavy atom. The average molecular weight is 186 g/mol. The monoisotopic (exact) mass is 186 g/mol. The minimum absolute atomic E-state index is 0.144. The van der Waals surface area contributed by atoms with Gasteiger partial charge >= 0.3 is 0 Å². The molecule has 4 atom stereocenters. The molecule has 1 rings (SSSR count). The van der Waals surface area contributed by atoms with E-state index in [4.69, 9.17) is 21.0 Å². The van der Waals surface area contributed by atoms with Crippen molar-refractivity contribution in [1.29, 1.82) is 0 Å². The molecule has 0 spiro atoms. The SMILES string of the molecule is C#CCOC1C(O)CC(O)OC1C. The quantitative estimate of drug-likeness (QED) is 0.570. The van der Waals surface area contributed by atoms with Gasteiger partial charge in [-0.1, -0.05) is 5.92 Å². The first-order valence-corrected chi connectivity index (χ1v) is 4.21.